The van der Waals surface area contributed by atoms with E-state index in [1.807, 2.05) is 30.3 Å². The van der Waals surface area contributed by atoms with Crippen LogP contribution in [0.4, 0.5) is 0 Å². The van der Waals surface area contributed by atoms with Crippen LogP contribution in [0.25, 0.3) is 16.8 Å². The van der Waals surface area contributed by atoms with E-state index in [1.54, 1.807) is 43.5 Å². The van der Waals surface area contributed by atoms with Crippen LogP contribution in [0, 0.1) is 11.3 Å². The van der Waals surface area contributed by atoms with Crippen LogP contribution >= 0.6 is 0 Å². The van der Waals surface area contributed by atoms with Crippen LogP contribution in [0.2, 0.25) is 0 Å². The van der Waals surface area contributed by atoms with Crippen molar-refractivity contribution >= 4 is 5.78 Å². The molecule has 0 aliphatic heterocycles. The van der Waals surface area contributed by atoms with Crippen LogP contribution < -0.4 is 5.56 Å². The summed E-state index contributed by atoms with van der Waals surface area (Å²) >= 11 is 0. The molecule has 0 amide bonds. The van der Waals surface area contributed by atoms with E-state index < -0.39 is 0 Å². The van der Waals surface area contributed by atoms with Crippen molar-refractivity contribution in [3.63, 3.8) is 0 Å². The lowest BCUT2D eigenvalue weighted by atomic mass is 9.99. The van der Waals surface area contributed by atoms with Crippen molar-refractivity contribution in [3.8, 4) is 22.9 Å². The van der Waals surface area contributed by atoms with Gasteiger partial charge in [0.2, 0.25) is 0 Å². The molecule has 0 unspecified atom stereocenters. The molecule has 3 rings (SSSR count). The lowest BCUT2D eigenvalue weighted by Gasteiger charge is -2.12. The van der Waals surface area contributed by atoms with Gasteiger partial charge in [0.25, 0.3) is 5.56 Å². The molecule has 122 valence electrons. The Balaban J connectivity index is 2.34. The summed E-state index contributed by atoms with van der Waals surface area (Å²) < 4.78 is 1.46. The number of Topliss-reactive ketones (excluding diaryl/α,β-unsaturated/α-hetero) is 1. The Kier molecular flexibility index (Phi) is 4.58. The molecule has 1 heterocycles. The average Bonchev–Trinajstić information content (AvgIpc) is 2.68. The Labute approximate surface area is 145 Å². The quantitative estimate of drug-likeness (QED) is 0.681. The van der Waals surface area contributed by atoms with Crippen LogP contribution in [-0.4, -0.2) is 10.4 Å². The van der Waals surface area contributed by atoms with Crippen LogP contribution in [0.15, 0.2) is 71.7 Å². The fourth-order valence-corrected chi connectivity index (χ4v) is 2.73. The summed E-state index contributed by atoms with van der Waals surface area (Å²) in [6, 6.07) is 19.8. The fourth-order valence-electron chi connectivity index (χ4n) is 2.73. The highest BCUT2D eigenvalue weighted by molar-refractivity contribution is 5.96. The number of carbonyl (C=O) groups is 1. The molecular formula is C21H16N2O2. The molecule has 4 nitrogen and oxygen atoms in total. The van der Waals surface area contributed by atoms with E-state index in [-0.39, 0.29) is 11.3 Å². The smallest absolute Gasteiger partial charge is 0.263 e. The maximum Gasteiger partial charge on any atom is 0.263 e. The number of nitrogens with zero attached hydrogens (tertiary/aromatic N) is 2. The van der Waals surface area contributed by atoms with Crippen LogP contribution in [0.1, 0.15) is 29.3 Å². The highest BCUT2D eigenvalue weighted by atomic mass is 16.1. The van der Waals surface area contributed by atoms with Crippen molar-refractivity contribution in [2.75, 3.05) is 0 Å². The van der Waals surface area contributed by atoms with Gasteiger partial charge in [0.05, 0.1) is 11.6 Å². The highest BCUT2D eigenvalue weighted by Gasteiger charge is 2.15. The normalized spacial score (nSPS) is 10.2. The predicted molar refractivity (Wildman–Crippen MR) is 96.8 cm³/mol. The first kappa shape index (κ1) is 16.4. The third kappa shape index (κ3) is 3.13. The van der Waals surface area contributed by atoms with Crippen molar-refractivity contribution in [3.05, 3.63) is 88.3 Å². The van der Waals surface area contributed by atoms with Gasteiger partial charge in [-0.25, -0.2) is 0 Å². The number of ketones is 1. The maximum atomic E-state index is 13.0. The molecular weight excluding hydrogens is 312 g/mol. The minimum absolute atomic E-state index is 0.0552. The zero-order chi connectivity index (χ0) is 17.8. The minimum atomic E-state index is -0.262. The Hall–Kier alpha value is -3.45. The molecule has 2 aromatic carbocycles. The second-order valence-electron chi connectivity index (χ2n) is 5.59. The van der Waals surface area contributed by atoms with E-state index in [0.29, 0.717) is 34.4 Å². The number of hydrogen-bond acceptors (Lipinski definition) is 3. The van der Waals surface area contributed by atoms with Crippen molar-refractivity contribution in [2.45, 2.75) is 13.3 Å². The van der Waals surface area contributed by atoms with E-state index in [4.69, 9.17) is 0 Å². The third-order valence-corrected chi connectivity index (χ3v) is 4.03. The minimum Gasteiger partial charge on any atom is -0.294 e. The summed E-state index contributed by atoms with van der Waals surface area (Å²) in [6.07, 6.45) is 1.91. The second kappa shape index (κ2) is 6.98. The van der Waals surface area contributed by atoms with E-state index in [1.165, 1.54) is 4.57 Å². The number of para-hydroxylation sites is 1. The zero-order valence-electron chi connectivity index (χ0n) is 13.8. The number of nitriles is 1. The molecule has 0 aliphatic rings. The molecule has 0 N–H and O–H groups in total. The molecule has 0 atom stereocenters. The van der Waals surface area contributed by atoms with Gasteiger partial charge in [0, 0.05) is 35.0 Å². The van der Waals surface area contributed by atoms with Crippen LogP contribution in [-0.2, 0) is 0 Å². The lowest BCUT2D eigenvalue weighted by Crippen LogP contribution is -2.22. The second-order valence-corrected chi connectivity index (χ2v) is 5.59. The van der Waals surface area contributed by atoms with Gasteiger partial charge in [-0.15, -0.1) is 0 Å². The molecule has 3 aromatic rings. The molecule has 0 saturated heterocycles. The van der Waals surface area contributed by atoms with Crippen molar-refractivity contribution in [1.82, 2.24) is 4.57 Å². The van der Waals surface area contributed by atoms with Gasteiger partial charge < -0.3 is 0 Å². The van der Waals surface area contributed by atoms with Crippen molar-refractivity contribution < 1.29 is 4.79 Å². The van der Waals surface area contributed by atoms with Crippen LogP contribution in [0.5, 0.6) is 0 Å². The highest BCUT2D eigenvalue weighted by Crippen LogP contribution is 2.22. The number of carbonyl (C=O) groups excluding carboxylic acids is 1. The summed E-state index contributed by atoms with van der Waals surface area (Å²) in [4.78, 5) is 25.3. The number of aromatic nitrogens is 1. The van der Waals surface area contributed by atoms with Gasteiger partial charge in [-0.1, -0.05) is 43.3 Å². The topological polar surface area (TPSA) is 62.9 Å². The van der Waals surface area contributed by atoms with Gasteiger partial charge in [-0.05, 0) is 24.3 Å². The number of rotatable bonds is 4. The van der Waals surface area contributed by atoms with E-state index in [9.17, 15) is 14.9 Å². The van der Waals surface area contributed by atoms with E-state index in [2.05, 4.69) is 6.07 Å². The summed E-state index contributed by atoms with van der Waals surface area (Å²) in [5.74, 6) is -0.0552. The molecule has 1 aromatic heterocycles. The number of benzene rings is 2. The average molecular weight is 328 g/mol. The van der Waals surface area contributed by atoms with Gasteiger partial charge in [-0.2, -0.15) is 5.26 Å². The van der Waals surface area contributed by atoms with E-state index in [0.717, 1.165) is 0 Å². The Bertz CT molecular complexity index is 1030. The van der Waals surface area contributed by atoms with E-state index >= 15 is 0 Å². The summed E-state index contributed by atoms with van der Waals surface area (Å²) in [6.45, 7) is 1.78. The summed E-state index contributed by atoms with van der Waals surface area (Å²) in [7, 11) is 0. The van der Waals surface area contributed by atoms with Crippen LogP contribution in [0.3, 0.4) is 0 Å². The van der Waals surface area contributed by atoms with Crippen molar-refractivity contribution in [2.24, 2.45) is 0 Å². The molecule has 0 fully saturated rings. The Morgan fingerprint density at radius 1 is 1.04 bits per heavy atom. The number of pyridine rings is 1. The van der Waals surface area contributed by atoms with Crippen molar-refractivity contribution in [1.29, 1.82) is 5.26 Å². The third-order valence-electron chi connectivity index (χ3n) is 4.03. The SMILES string of the molecule is CCC(=O)c1cc(-c2ccccc2C#N)c(=O)n(-c2ccccc2)c1. The molecule has 0 spiro atoms. The first-order valence-electron chi connectivity index (χ1n) is 8.00. The zero-order valence-corrected chi connectivity index (χ0v) is 13.8. The monoisotopic (exact) mass is 328 g/mol. The molecule has 0 radical (unpaired) electrons. The summed E-state index contributed by atoms with van der Waals surface area (Å²) in [5.41, 5.74) is 2.15. The Morgan fingerprint density at radius 3 is 2.40 bits per heavy atom. The molecule has 0 bridgehead atoms. The Morgan fingerprint density at radius 2 is 1.72 bits per heavy atom. The largest absolute Gasteiger partial charge is 0.294 e. The molecule has 0 saturated carbocycles. The van der Waals surface area contributed by atoms with Gasteiger partial charge in [-0.3, -0.25) is 14.2 Å². The maximum absolute atomic E-state index is 13.0. The molecule has 4 heteroatoms. The summed E-state index contributed by atoms with van der Waals surface area (Å²) in [5, 5.41) is 9.36. The predicted octanol–water partition coefficient (Wildman–Crippen LogP) is 3.97. The van der Waals surface area contributed by atoms with Gasteiger partial charge in [0.1, 0.15) is 0 Å². The molecule has 0 aliphatic carbocycles. The van der Waals surface area contributed by atoms with Gasteiger partial charge in [0.15, 0.2) is 5.78 Å². The standard InChI is InChI=1S/C21H16N2O2/c1-2-20(24)16-12-19(18-11-7-6-8-15(18)13-22)21(25)23(14-16)17-9-4-3-5-10-17/h3-12,14H,2H2,1H3. The lowest BCUT2D eigenvalue weighted by molar-refractivity contribution is 0.0987. The molecule has 25 heavy (non-hydrogen) atoms. The number of hydrogen-bond donors (Lipinski definition) is 0. The first-order valence-corrected chi connectivity index (χ1v) is 8.00. The fraction of sp³-hybridized carbons (Fsp3) is 0.0952. The first-order chi connectivity index (χ1) is 12.2. The van der Waals surface area contributed by atoms with Gasteiger partial charge >= 0.3 is 0 Å².